The number of carbonyl (C=O) groups is 1. The Morgan fingerprint density at radius 3 is 2.90 bits per heavy atom. The number of methoxy groups -OCH3 is 1. The molecule has 1 aliphatic rings. The van der Waals surface area contributed by atoms with Crippen molar-refractivity contribution in [1.82, 2.24) is 15.2 Å². The number of likely N-dealkylation sites (tertiary alicyclic amines) is 1. The Labute approximate surface area is 179 Å². The average Bonchev–Trinajstić information content (AvgIpc) is 2.77. The number of carbonyl (C=O) groups excluding carboxylic acids is 1. The number of piperidine rings is 1. The van der Waals surface area contributed by atoms with E-state index >= 15 is 0 Å². The molecule has 0 spiro atoms. The van der Waals surface area contributed by atoms with Gasteiger partial charge in [-0.3, -0.25) is 9.78 Å². The van der Waals surface area contributed by atoms with Crippen molar-refractivity contribution in [3.63, 3.8) is 0 Å². The Bertz CT molecular complexity index is 803. The lowest BCUT2D eigenvalue weighted by Gasteiger charge is -2.32. The number of aryl methyl sites for hydroxylation is 1. The van der Waals surface area contributed by atoms with Crippen LogP contribution in [0.5, 0.6) is 5.75 Å². The first-order valence-corrected chi connectivity index (χ1v) is 11.2. The van der Waals surface area contributed by atoms with Gasteiger partial charge in [0, 0.05) is 51.3 Å². The number of amides is 1. The minimum absolute atomic E-state index is 0.0532. The number of aromatic nitrogens is 1. The molecular weight excluding hydrogens is 378 g/mol. The first kappa shape index (κ1) is 22.5. The lowest BCUT2D eigenvalue weighted by atomic mass is 10.0. The number of ether oxygens (including phenoxy) is 2. The van der Waals surface area contributed by atoms with Crippen LogP contribution in [0.4, 0.5) is 0 Å². The Morgan fingerprint density at radius 1 is 1.30 bits per heavy atom. The third-order valence-electron chi connectivity index (χ3n) is 5.66. The van der Waals surface area contributed by atoms with E-state index in [4.69, 9.17) is 9.47 Å². The fraction of sp³-hybridized carbons (Fsp3) is 0.583. The normalized spacial score (nSPS) is 15.4. The molecule has 6 nitrogen and oxygen atoms in total. The summed E-state index contributed by atoms with van der Waals surface area (Å²) in [5.41, 5.74) is 2.29. The third kappa shape index (κ3) is 6.67. The SMILES string of the molecule is CCCCc1cc(OC2CCN(CCNC(=O)CCOC)CC2)c2ncccc2c1. The molecule has 2 heterocycles. The molecule has 0 unspecified atom stereocenters. The maximum absolute atomic E-state index is 11.7. The molecular formula is C24H35N3O3. The van der Waals surface area contributed by atoms with E-state index in [1.54, 1.807) is 7.11 Å². The summed E-state index contributed by atoms with van der Waals surface area (Å²) in [5.74, 6) is 0.973. The van der Waals surface area contributed by atoms with E-state index in [0.29, 0.717) is 19.6 Å². The minimum atomic E-state index is 0.0532. The lowest BCUT2D eigenvalue weighted by molar-refractivity contribution is -0.122. The van der Waals surface area contributed by atoms with E-state index in [9.17, 15) is 4.79 Å². The summed E-state index contributed by atoms with van der Waals surface area (Å²) in [6, 6.07) is 8.54. The summed E-state index contributed by atoms with van der Waals surface area (Å²) in [5, 5.41) is 4.11. The molecule has 1 aromatic carbocycles. The molecule has 164 valence electrons. The largest absolute Gasteiger partial charge is 0.488 e. The van der Waals surface area contributed by atoms with E-state index in [1.165, 1.54) is 18.4 Å². The Hall–Kier alpha value is -2.18. The van der Waals surface area contributed by atoms with Crippen molar-refractivity contribution >= 4 is 16.8 Å². The van der Waals surface area contributed by atoms with Crippen molar-refractivity contribution in [2.75, 3.05) is 39.9 Å². The highest BCUT2D eigenvalue weighted by Gasteiger charge is 2.21. The second kappa shape index (κ2) is 11.9. The van der Waals surface area contributed by atoms with Gasteiger partial charge in [0.1, 0.15) is 17.4 Å². The van der Waals surface area contributed by atoms with Crippen molar-refractivity contribution in [2.45, 2.75) is 51.6 Å². The predicted octanol–water partition coefficient (Wildman–Crippen LogP) is 3.57. The third-order valence-corrected chi connectivity index (χ3v) is 5.66. The fourth-order valence-electron chi connectivity index (χ4n) is 3.90. The zero-order valence-corrected chi connectivity index (χ0v) is 18.4. The number of rotatable bonds is 11. The number of hydrogen-bond donors (Lipinski definition) is 1. The van der Waals surface area contributed by atoms with E-state index in [1.807, 2.05) is 12.3 Å². The summed E-state index contributed by atoms with van der Waals surface area (Å²) in [6.45, 7) is 6.22. The zero-order chi connectivity index (χ0) is 21.2. The quantitative estimate of drug-likeness (QED) is 0.610. The van der Waals surface area contributed by atoms with Gasteiger partial charge in [0.2, 0.25) is 5.91 Å². The van der Waals surface area contributed by atoms with Crippen molar-refractivity contribution in [2.24, 2.45) is 0 Å². The van der Waals surface area contributed by atoms with Crippen LogP contribution in [0.2, 0.25) is 0 Å². The molecule has 6 heteroatoms. The van der Waals surface area contributed by atoms with Gasteiger partial charge in [0.05, 0.1) is 6.61 Å². The van der Waals surface area contributed by atoms with Gasteiger partial charge in [-0.2, -0.15) is 0 Å². The highest BCUT2D eigenvalue weighted by Crippen LogP contribution is 2.29. The number of unbranched alkanes of at least 4 members (excludes halogenated alkanes) is 1. The fourth-order valence-corrected chi connectivity index (χ4v) is 3.90. The maximum atomic E-state index is 11.7. The molecule has 0 aliphatic carbocycles. The van der Waals surface area contributed by atoms with Crippen molar-refractivity contribution in [3.8, 4) is 5.75 Å². The number of nitrogens with zero attached hydrogens (tertiary/aromatic N) is 2. The Morgan fingerprint density at radius 2 is 2.13 bits per heavy atom. The van der Waals surface area contributed by atoms with E-state index in [0.717, 1.165) is 55.5 Å². The first-order valence-electron chi connectivity index (χ1n) is 11.2. The first-order chi connectivity index (χ1) is 14.7. The molecule has 1 N–H and O–H groups in total. The van der Waals surface area contributed by atoms with Crippen LogP contribution in [-0.4, -0.2) is 61.8 Å². The summed E-state index contributed by atoms with van der Waals surface area (Å²) in [4.78, 5) is 18.6. The second-order valence-electron chi connectivity index (χ2n) is 8.02. The molecule has 1 aliphatic heterocycles. The lowest BCUT2D eigenvalue weighted by Crippen LogP contribution is -2.42. The molecule has 0 radical (unpaired) electrons. The van der Waals surface area contributed by atoms with Crippen LogP contribution < -0.4 is 10.1 Å². The average molecular weight is 414 g/mol. The Balaban J connectivity index is 1.51. The number of pyridine rings is 1. The zero-order valence-electron chi connectivity index (χ0n) is 18.4. The highest BCUT2D eigenvalue weighted by molar-refractivity contribution is 5.85. The molecule has 1 aromatic heterocycles. The van der Waals surface area contributed by atoms with Crippen LogP contribution in [0, 0.1) is 0 Å². The molecule has 1 fully saturated rings. The van der Waals surface area contributed by atoms with Gasteiger partial charge in [-0.05, 0) is 49.4 Å². The molecule has 1 saturated heterocycles. The smallest absolute Gasteiger partial charge is 0.222 e. The van der Waals surface area contributed by atoms with E-state index in [-0.39, 0.29) is 12.0 Å². The van der Waals surface area contributed by atoms with Crippen LogP contribution in [0.15, 0.2) is 30.5 Å². The van der Waals surface area contributed by atoms with Gasteiger partial charge < -0.3 is 19.7 Å². The van der Waals surface area contributed by atoms with Crippen molar-refractivity contribution in [3.05, 3.63) is 36.0 Å². The van der Waals surface area contributed by atoms with E-state index < -0.39 is 0 Å². The predicted molar refractivity (Wildman–Crippen MR) is 120 cm³/mol. The molecule has 0 bridgehead atoms. The second-order valence-corrected chi connectivity index (χ2v) is 8.02. The van der Waals surface area contributed by atoms with Crippen LogP contribution in [0.3, 0.4) is 0 Å². The summed E-state index contributed by atoms with van der Waals surface area (Å²) in [7, 11) is 1.61. The number of benzene rings is 1. The van der Waals surface area contributed by atoms with Gasteiger partial charge in [-0.1, -0.05) is 19.4 Å². The number of nitrogens with one attached hydrogen (secondary N) is 1. The molecule has 0 saturated carbocycles. The minimum Gasteiger partial charge on any atom is -0.488 e. The van der Waals surface area contributed by atoms with Gasteiger partial charge in [-0.15, -0.1) is 0 Å². The highest BCUT2D eigenvalue weighted by atomic mass is 16.5. The van der Waals surface area contributed by atoms with Crippen LogP contribution in [-0.2, 0) is 16.0 Å². The van der Waals surface area contributed by atoms with Crippen LogP contribution in [0.25, 0.3) is 10.9 Å². The molecule has 2 aromatic rings. The van der Waals surface area contributed by atoms with Gasteiger partial charge >= 0.3 is 0 Å². The van der Waals surface area contributed by atoms with Gasteiger partial charge in [0.25, 0.3) is 0 Å². The standard InChI is InChI=1S/C24H35N3O3/c1-3-4-6-19-17-20-7-5-11-26-24(20)22(18-19)30-21-8-13-27(14-9-21)15-12-25-23(28)10-16-29-2/h5,7,11,17-18,21H,3-4,6,8-10,12-16H2,1-2H3,(H,25,28). The van der Waals surface area contributed by atoms with E-state index in [2.05, 4.69) is 40.3 Å². The monoisotopic (exact) mass is 413 g/mol. The summed E-state index contributed by atoms with van der Waals surface area (Å²) in [6.07, 6.45) is 7.90. The van der Waals surface area contributed by atoms with Crippen molar-refractivity contribution < 1.29 is 14.3 Å². The summed E-state index contributed by atoms with van der Waals surface area (Å²) < 4.78 is 11.4. The van der Waals surface area contributed by atoms with Gasteiger partial charge in [0.15, 0.2) is 0 Å². The van der Waals surface area contributed by atoms with Crippen LogP contribution >= 0.6 is 0 Å². The molecule has 0 atom stereocenters. The maximum Gasteiger partial charge on any atom is 0.222 e. The Kier molecular flexibility index (Phi) is 8.90. The molecule has 30 heavy (non-hydrogen) atoms. The molecule has 1 amide bonds. The van der Waals surface area contributed by atoms with Gasteiger partial charge in [-0.25, -0.2) is 0 Å². The van der Waals surface area contributed by atoms with Crippen LogP contribution in [0.1, 0.15) is 44.6 Å². The molecule has 3 rings (SSSR count). The van der Waals surface area contributed by atoms with Crippen molar-refractivity contribution in [1.29, 1.82) is 0 Å². The number of hydrogen-bond acceptors (Lipinski definition) is 5. The summed E-state index contributed by atoms with van der Waals surface area (Å²) >= 11 is 0. The topological polar surface area (TPSA) is 63.7 Å². The number of fused-ring (bicyclic) bond motifs is 1.